The Morgan fingerprint density at radius 1 is 1.53 bits per heavy atom. The van der Waals surface area contributed by atoms with Crippen molar-refractivity contribution >= 4 is 11.3 Å². The summed E-state index contributed by atoms with van der Waals surface area (Å²) in [7, 11) is 0. The highest BCUT2D eigenvalue weighted by Gasteiger charge is 2.37. The molecule has 0 aliphatic heterocycles. The second-order valence-electron chi connectivity index (χ2n) is 4.63. The fourth-order valence-corrected chi connectivity index (χ4v) is 3.08. The fraction of sp³-hybridized carbons (Fsp3) is 0.500. The van der Waals surface area contributed by atoms with Crippen molar-refractivity contribution in [2.45, 2.75) is 38.3 Å². The van der Waals surface area contributed by atoms with Crippen LogP contribution < -0.4 is 5.73 Å². The van der Waals surface area contributed by atoms with Crippen molar-refractivity contribution in [1.82, 2.24) is 14.8 Å². The van der Waals surface area contributed by atoms with E-state index in [9.17, 15) is 0 Å². The van der Waals surface area contributed by atoms with Gasteiger partial charge in [-0.2, -0.15) is 5.10 Å². The maximum absolute atomic E-state index is 6.27. The van der Waals surface area contributed by atoms with E-state index < -0.39 is 0 Å². The largest absolute Gasteiger partial charge is 0.319 e. The van der Waals surface area contributed by atoms with Gasteiger partial charge in [0.15, 0.2) is 0 Å². The van der Waals surface area contributed by atoms with Gasteiger partial charge in [0.05, 0.1) is 17.4 Å². The maximum Gasteiger partial charge on any atom is 0.113 e. The monoisotopic (exact) mass is 248 g/mol. The Labute approximate surface area is 104 Å². The number of nitrogens with two attached hydrogens (primary N) is 1. The summed E-state index contributed by atoms with van der Waals surface area (Å²) in [5, 5.41) is 7.42. The molecule has 0 amide bonds. The van der Waals surface area contributed by atoms with Gasteiger partial charge in [-0.15, -0.1) is 11.3 Å². The molecule has 1 fully saturated rings. The first-order valence-electron chi connectivity index (χ1n) is 5.99. The molecule has 2 N–H and O–H groups in total. The first-order chi connectivity index (χ1) is 8.21. The van der Waals surface area contributed by atoms with Gasteiger partial charge >= 0.3 is 0 Å². The molecule has 0 unspecified atom stereocenters. The third-order valence-electron chi connectivity index (χ3n) is 3.43. The van der Waals surface area contributed by atoms with Gasteiger partial charge in [-0.3, -0.25) is 4.68 Å². The lowest BCUT2D eigenvalue weighted by Gasteiger charge is -2.35. The van der Waals surface area contributed by atoms with Gasteiger partial charge in [0, 0.05) is 23.7 Å². The van der Waals surface area contributed by atoms with Crippen molar-refractivity contribution < 1.29 is 0 Å². The third kappa shape index (κ3) is 1.79. The van der Waals surface area contributed by atoms with Gasteiger partial charge < -0.3 is 5.73 Å². The van der Waals surface area contributed by atoms with Gasteiger partial charge in [-0.05, 0) is 26.2 Å². The second-order valence-corrected chi connectivity index (χ2v) is 5.49. The van der Waals surface area contributed by atoms with Crippen LogP contribution in [0.25, 0.3) is 11.3 Å². The summed E-state index contributed by atoms with van der Waals surface area (Å²) in [5.41, 5.74) is 8.21. The Kier molecular flexibility index (Phi) is 2.52. The van der Waals surface area contributed by atoms with Crippen molar-refractivity contribution in [3.05, 3.63) is 22.8 Å². The fourth-order valence-electron chi connectivity index (χ4n) is 2.08. The summed E-state index contributed by atoms with van der Waals surface area (Å²) in [6, 6.07) is 0. The number of aryl methyl sites for hydroxylation is 1. The lowest BCUT2D eigenvalue weighted by molar-refractivity contribution is 0.253. The molecule has 90 valence electrons. The smallest absolute Gasteiger partial charge is 0.113 e. The molecule has 2 aromatic heterocycles. The summed E-state index contributed by atoms with van der Waals surface area (Å²) in [6.45, 7) is 2.96. The minimum Gasteiger partial charge on any atom is -0.319 e. The lowest BCUT2D eigenvalue weighted by Crippen LogP contribution is -2.43. The van der Waals surface area contributed by atoms with E-state index in [-0.39, 0.29) is 5.54 Å². The van der Waals surface area contributed by atoms with Crippen molar-refractivity contribution in [3.8, 4) is 11.3 Å². The Bertz CT molecular complexity index is 524. The molecule has 2 heterocycles. The van der Waals surface area contributed by atoms with Crippen LogP contribution in [0.1, 0.15) is 31.2 Å². The molecule has 1 saturated carbocycles. The number of nitrogens with zero attached hydrogens (tertiary/aromatic N) is 3. The molecule has 5 heteroatoms. The zero-order valence-corrected chi connectivity index (χ0v) is 10.7. The highest BCUT2D eigenvalue weighted by Crippen LogP contribution is 2.40. The van der Waals surface area contributed by atoms with E-state index in [4.69, 9.17) is 5.73 Å². The van der Waals surface area contributed by atoms with Crippen molar-refractivity contribution in [3.63, 3.8) is 0 Å². The average molecular weight is 248 g/mol. The Morgan fingerprint density at radius 3 is 2.94 bits per heavy atom. The third-order valence-corrected chi connectivity index (χ3v) is 4.49. The summed E-state index contributed by atoms with van der Waals surface area (Å²) >= 11 is 1.67. The standard InChI is InChI=1S/C12H16N4S/c1-2-16-7-9(6-14-16)10-8-17-11(15-10)12(13)4-3-5-12/h6-8H,2-5,13H2,1H3. The van der Waals surface area contributed by atoms with Gasteiger partial charge in [-0.25, -0.2) is 4.98 Å². The van der Waals surface area contributed by atoms with E-state index in [2.05, 4.69) is 22.4 Å². The van der Waals surface area contributed by atoms with Crippen LogP contribution in [-0.4, -0.2) is 14.8 Å². The first kappa shape index (κ1) is 10.9. The van der Waals surface area contributed by atoms with E-state index in [1.165, 1.54) is 6.42 Å². The maximum atomic E-state index is 6.27. The van der Waals surface area contributed by atoms with E-state index >= 15 is 0 Å². The number of thiazole rings is 1. The van der Waals surface area contributed by atoms with Crippen LogP contribution in [-0.2, 0) is 12.1 Å². The van der Waals surface area contributed by atoms with Crippen LogP contribution in [0.3, 0.4) is 0 Å². The van der Waals surface area contributed by atoms with Crippen LogP contribution in [0, 0.1) is 0 Å². The minimum absolute atomic E-state index is 0.149. The SMILES string of the molecule is CCn1cc(-c2csc(C3(N)CCC3)n2)cn1. The normalized spacial score (nSPS) is 18.0. The molecule has 1 aliphatic rings. The molecule has 2 aromatic rings. The number of aromatic nitrogens is 3. The van der Waals surface area contributed by atoms with Crippen LogP contribution in [0.2, 0.25) is 0 Å². The van der Waals surface area contributed by atoms with E-state index in [0.717, 1.165) is 35.7 Å². The summed E-state index contributed by atoms with van der Waals surface area (Å²) < 4.78 is 1.91. The molecule has 17 heavy (non-hydrogen) atoms. The van der Waals surface area contributed by atoms with Gasteiger partial charge in [0.25, 0.3) is 0 Å². The molecule has 0 aromatic carbocycles. The predicted molar refractivity (Wildman–Crippen MR) is 68.7 cm³/mol. The Morgan fingerprint density at radius 2 is 2.35 bits per heavy atom. The molecular formula is C12H16N4S. The quantitative estimate of drug-likeness (QED) is 0.907. The molecule has 0 saturated heterocycles. The van der Waals surface area contributed by atoms with E-state index in [1.54, 1.807) is 11.3 Å². The molecule has 0 radical (unpaired) electrons. The van der Waals surface area contributed by atoms with Crippen LogP contribution in [0.15, 0.2) is 17.8 Å². The van der Waals surface area contributed by atoms with Gasteiger partial charge in [0.1, 0.15) is 5.01 Å². The van der Waals surface area contributed by atoms with Crippen molar-refractivity contribution in [2.75, 3.05) is 0 Å². The highest BCUT2D eigenvalue weighted by molar-refractivity contribution is 7.10. The van der Waals surface area contributed by atoms with Gasteiger partial charge in [0.2, 0.25) is 0 Å². The number of rotatable bonds is 3. The molecule has 3 rings (SSSR count). The average Bonchev–Trinajstić information content (AvgIpc) is 2.94. The number of hydrogen-bond donors (Lipinski definition) is 1. The van der Waals surface area contributed by atoms with E-state index in [1.807, 2.05) is 17.1 Å². The zero-order valence-electron chi connectivity index (χ0n) is 9.89. The summed E-state index contributed by atoms with van der Waals surface area (Å²) in [5.74, 6) is 0. The molecule has 0 bridgehead atoms. The van der Waals surface area contributed by atoms with Gasteiger partial charge in [-0.1, -0.05) is 0 Å². The van der Waals surface area contributed by atoms with Crippen LogP contribution in [0.4, 0.5) is 0 Å². The lowest BCUT2D eigenvalue weighted by atomic mass is 9.78. The van der Waals surface area contributed by atoms with Crippen LogP contribution >= 0.6 is 11.3 Å². The molecular weight excluding hydrogens is 232 g/mol. The zero-order chi connectivity index (χ0) is 11.9. The molecule has 0 atom stereocenters. The highest BCUT2D eigenvalue weighted by atomic mass is 32.1. The molecule has 1 aliphatic carbocycles. The first-order valence-corrected chi connectivity index (χ1v) is 6.87. The topological polar surface area (TPSA) is 56.7 Å². The van der Waals surface area contributed by atoms with Crippen molar-refractivity contribution in [1.29, 1.82) is 0 Å². The minimum atomic E-state index is -0.149. The Balaban J connectivity index is 1.89. The summed E-state index contributed by atoms with van der Waals surface area (Å²) in [6.07, 6.45) is 7.25. The molecule has 4 nitrogen and oxygen atoms in total. The number of hydrogen-bond acceptors (Lipinski definition) is 4. The molecule has 0 spiro atoms. The Hall–Kier alpha value is -1.20. The second kappa shape index (κ2) is 3.92. The van der Waals surface area contributed by atoms with E-state index in [0.29, 0.717) is 0 Å². The van der Waals surface area contributed by atoms with Crippen molar-refractivity contribution in [2.24, 2.45) is 5.73 Å². The summed E-state index contributed by atoms with van der Waals surface area (Å²) in [4.78, 5) is 4.66. The predicted octanol–water partition coefficient (Wildman–Crippen LogP) is 2.36. The van der Waals surface area contributed by atoms with Crippen LogP contribution in [0.5, 0.6) is 0 Å².